The zero-order valence-electron chi connectivity index (χ0n) is 18.9. The smallest absolute Gasteiger partial charge is 0.261 e. The van der Waals surface area contributed by atoms with E-state index in [1.165, 1.54) is 23.3 Å². The minimum atomic E-state index is -0.483. The van der Waals surface area contributed by atoms with Gasteiger partial charge in [0.1, 0.15) is 17.2 Å². The predicted molar refractivity (Wildman–Crippen MR) is 135 cm³/mol. The number of anilines is 1. The fourth-order valence-electron chi connectivity index (χ4n) is 4.43. The van der Waals surface area contributed by atoms with Gasteiger partial charge in [0.2, 0.25) is 0 Å². The zero-order valence-corrected chi connectivity index (χ0v) is 18.9. The second-order valence-corrected chi connectivity index (χ2v) is 8.67. The van der Waals surface area contributed by atoms with Gasteiger partial charge in [-0.05, 0) is 61.8 Å². The molecule has 5 aromatic rings. The highest BCUT2D eigenvalue weighted by Gasteiger charge is 2.18. The first-order valence-corrected chi connectivity index (χ1v) is 11.3. The van der Waals surface area contributed by atoms with Crippen molar-refractivity contribution in [1.82, 2.24) is 19.9 Å². The molecule has 7 heteroatoms. The summed E-state index contributed by atoms with van der Waals surface area (Å²) in [6, 6.07) is 21.0. The van der Waals surface area contributed by atoms with Crippen molar-refractivity contribution in [2.45, 2.75) is 19.4 Å². The lowest BCUT2D eigenvalue weighted by molar-refractivity contribution is 0.322. The van der Waals surface area contributed by atoms with Gasteiger partial charge in [0, 0.05) is 6.54 Å². The number of aromatic nitrogens is 3. The van der Waals surface area contributed by atoms with Crippen LogP contribution >= 0.6 is 0 Å². The van der Waals surface area contributed by atoms with Gasteiger partial charge in [0.05, 0.1) is 27.6 Å². The highest BCUT2D eigenvalue weighted by Crippen LogP contribution is 2.30. The number of nitrogen functional groups attached to an aromatic ring is 1. The Kier molecular flexibility index (Phi) is 5.86. The summed E-state index contributed by atoms with van der Waals surface area (Å²) in [7, 11) is 2.13. The van der Waals surface area contributed by atoms with Crippen molar-refractivity contribution in [3.05, 3.63) is 94.0 Å². The Morgan fingerprint density at radius 2 is 1.79 bits per heavy atom. The normalized spacial score (nSPS) is 11.6. The first-order chi connectivity index (χ1) is 16.5. The molecule has 0 radical (unpaired) electrons. The maximum atomic E-state index is 14.4. The van der Waals surface area contributed by atoms with Gasteiger partial charge in [0.15, 0.2) is 0 Å². The number of rotatable bonds is 7. The summed E-state index contributed by atoms with van der Waals surface area (Å²) in [6.45, 7) is 1.90. The molecule has 0 unspecified atom stereocenters. The zero-order chi connectivity index (χ0) is 23.7. The van der Waals surface area contributed by atoms with Gasteiger partial charge < -0.3 is 20.6 Å². The first kappa shape index (κ1) is 21.9. The molecule has 0 aliphatic carbocycles. The van der Waals surface area contributed by atoms with Crippen molar-refractivity contribution in [3.8, 4) is 11.4 Å². The van der Waals surface area contributed by atoms with Crippen LogP contribution in [0.25, 0.3) is 33.3 Å². The number of halogens is 1. The monoisotopic (exact) mass is 455 g/mol. The average molecular weight is 456 g/mol. The van der Waals surface area contributed by atoms with Crippen LogP contribution in [-0.4, -0.2) is 33.4 Å². The van der Waals surface area contributed by atoms with Crippen LogP contribution in [0.5, 0.6) is 0 Å². The molecule has 3 aromatic carbocycles. The standard InChI is InChI=1S/C27H26FN5O/c1-33(16-18-7-3-2-4-8-18)14-6-9-17-12-13-20-22(15-17)31-26(30-20)24-25(29)23-19(28)10-5-11-21(23)32-27(24)34/h2-5,7-8,10-13,15H,6,9,14,16H2,1H3,(H,30,31)(H3,29,32,34). The number of aromatic amines is 2. The molecule has 34 heavy (non-hydrogen) atoms. The number of imidazole rings is 1. The minimum absolute atomic E-state index is 0.0811. The summed E-state index contributed by atoms with van der Waals surface area (Å²) in [5.41, 5.74) is 10.5. The third kappa shape index (κ3) is 4.30. The van der Waals surface area contributed by atoms with Crippen LogP contribution in [0.3, 0.4) is 0 Å². The molecule has 0 saturated carbocycles. The Morgan fingerprint density at radius 1 is 0.971 bits per heavy atom. The van der Waals surface area contributed by atoms with E-state index in [2.05, 4.69) is 63.3 Å². The first-order valence-electron chi connectivity index (χ1n) is 11.3. The molecule has 4 N–H and O–H groups in total. The van der Waals surface area contributed by atoms with Gasteiger partial charge in [-0.3, -0.25) is 4.79 Å². The van der Waals surface area contributed by atoms with Gasteiger partial charge >= 0.3 is 0 Å². The quantitative estimate of drug-likeness (QED) is 0.327. The average Bonchev–Trinajstić information content (AvgIpc) is 3.22. The third-order valence-electron chi connectivity index (χ3n) is 6.11. The number of fused-ring (bicyclic) bond motifs is 2. The van der Waals surface area contributed by atoms with Gasteiger partial charge in [0.25, 0.3) is 5.56 Å². The number of hydrogen-bond acceptors (Lipinski definition) is 4. The molecule has 5 rings (SSSR count). The molecule has 0 bridgehead atoms. The van der Waals surface area contributed by atoms with Crippen molar-refractivity contribution < 1.29 is 4.39 Å². The van der Waals surface area contributed by atoms with Gasteiger partial charge in [-0.1, -0.05) is 42.5 Å². The second kappa shape index (κ2) is 9.11. The lowest BCUT2D eigenvalue weighted by atomic mass is 10.1. The molecular formula is C27H26FN5O. The Hall–Kier alpha value is -3.97. The molecule has 6 nitrogen and oxygen atoms in total. The number of nitrogens with one attached hydrogen (secondary N) is 2. The lowest BCUT2D eigenvalue weighted by Crippen LogP contribution is -2.19. The molecule has 0 atom stereocenters. The van der Waals surface area contributed by atoms with E-state index in [0.29, 0.717) is 11.3 Å². The molecule has 0 fully saturated rings. The van der Waals surface area contributed by atoms with E-state index < -0.39 is 11.4 Å². The van der Waals surface area contributed by atoms with Gasteiger partial charge in [-0.25, -0.2) is 9.37 Å². The van der Waals surface area contributed by atoms with Crippen LogP contribution in [0.1, 0.15) is 17.5 Å². The molecule has 0 aliphatic heterocycles. The Labute approximate surface area is 196 Å². The third-order valence-corrected chi connectivity index (χ3v) is 6.11. The van der Waals surface area contributed by atoms with Crippen LogP contribution in [-0.2, 0) is 13.0 Å². The summed E-state index contributed by atoms with van der Waals surface area (Å²) in [5, 5.41) is 0.192. The Balaban J connectivity index is 1.34. The second-order valence-electron chi connectivity index (χ2n) is 8.67. The molecule has 0 amide bonds. The van der Waals surface area contributed by atoms with Crippen molar-refractivity contribution >= 4 is 27.6 Å². The highest BCUT2D eigenvalue weighted by molar-refractivity contribution is 5.98. The maximum Gasteiger partial charge on any atom is 0.261 e. The van der Waals surface area contributed by atoms with E-state index >= 15 is 0 Å². The van der Waals surface area contributed by atoms with Crippen molar-refractivity contribution in [2.75, 3.05) is 19.3 Å². The molecular weight excluding hydrogens is 429 g/mol. The lowest BCUT2D eigenvalue weighted by Gasteiger charge is -2.16. The van der Waals surface area contributed by atoms with Crippen molar-refractivity contribution in [1.29, 1.82) is 0 Å². The SMILES string of the molecule is CN(CCCc1ccc2nc(-c3c(N)c4c(F)cccc4[nH]c3=O)[nH]c2c1)Cc1ccccc1. The molecule has 0 spiro atoms. The van der Waals surface area contributed by atoms with Crippen LogP contribution in [0, 0.1) is 5.82 Å². The molecule has 0 saturated heterocycles. The Bertz CT molecular complexity index is 1520. The summed E-state index contributed by atoms with van der Waals surface area (Å²) in [4.78, 5) is 25.5. The van der Waals surface area contributed by atoms with Crippen molar-refractivity contribution in [3.63, 3.8) is 0 Å². The summed E-state index contributed by atoms with van der Waals surface area (Å²) in [5.74, 6) is -0.151. The summed E-state index contributed by atoms with van der Waals surface area (Å²) >= 11 is 0. The van der Waals surface area contributed by atoms with Crippen LogP contribution in [0.2, 0.25) is 0 Å². The van der Waals surface area contributed by atoms with E-state index in [9.17, 15) is 9.18 Å². The number of aryl methyl sites for hydroxylation is 1. The van der Waals surface area contributed by atoms with Crippen LogP contribution in [0.4, 0.5) is 10.1 Å². The number of H-pyrrole nitrogens is 2. The predicted octanol–water partition coefficient (Wildman–Crippen LogP) is 4.86. The van der Waals surface area contributed by atoms with E-state index in [1.54, 1.807) is 6.07 Å². The van der Waals surface area contributed by atoms with E-state index in [4.69, 9.17) is 5.73 Å². The van der Waals surface area contributed by atoms with Gasteiger partial charge in [-0.15, -0.1) is 0 Å². The summed E-state index contributed by atoms with van der Waals surface area (Å²) < 4.78 is 14.4. The molecule has 2 aromatic heterocycles. The van der Waals surface area contributed by atoms with Crippen molar-refractivity contribution in [2.24, 2.45) is 0 Å². The summed E-state index contributed by atoms with van der Waals surface area (Å²) in [6.07, 6.45) is 1.94. The number of benzene rings is 3. The van der Waals surface area contributed by atoms with E-state index in [1.807, 2.05) is 12.1 Å². The molecule has 2 heterocycles. The maximum absolute atomic E-state index is 14.4. The molecule has 172 valence electrons. The van der Waals surface area contributed by atoms with E-state index in [0.717, 1.165) is 37.0 Å². The highest BCUT2D eigenvalue weighted by atomic mass is 19.1. The number of pyridine rings is 1. The number of nitrogens with zero attached hydrogens (tertiary/aromatic N) is 2. The number of hydrogen-bond donors (Lipinski definition) is 3. The Morgan fingerprint density at radius 3 is 2.62 bits per heavy atom. The fraction of sp³-hybridized carbons (Fsp3) is 0.185. The largest absolute Gasteiger partial charge is 0.397 e. The molecule has 0 aliphatic rings. The van der Waals surface area contributed by atoms with Crippen LogP contribution in [0.15, 0.2) is 71.5 Å². The van der Waals surface area contributed by atoms with E-state index in [-0.39, 0.29) is 16.6 Å². The fourth-order valence-corrected chi connectivity index (χ4v) is 4.43. The van der Waals surface area contributed by atoms with Gasteiger partial charge in [-0.2, -0.15) is 0 Å². The topological polar surface area (TPSA) is 90.8 Å². The van der Waals surface area contributed by atoms with Crippen LogP contribution < -0.4 is 11.3 Å². The number of nitrogens with two attached hydrogens (primary N) is 1. The minimum Gasteiger partial charge on any atom is -0.397 e.